The fourth-order valence-electron chi connectivity index (χ4n) is 1.90. The van der Waals surface area contributed by atoms with Gasteiger partial charge in [0.15, 0.2) is 0 Å². The number of hydrogen-bond donors (Lipinski definition) is 1. The summed E-state index contributed by atoms with van der Waals surface area (Å²) in [5.41, 5.74) is 6.41. The minimum Gasteiger partial charge on any atom is -0.325 e. The Kier molecular flexibility index (Phi) is 6.87. The van der Waals surface area contributed by atoms with Gasteiger partial charge in [-0.1, -0.05) is 35.2 Å². The third-order valence-corrected chi connectivity index (χ3v) is 3.22. The van der Waals surface area contributed by atoms with Gasteiger partial charge in [0.25, 0.3) is 0 Å². The largest absolute Gasteiger partial charge is 0.325 e. The zero-order valence-electron chi connectivity index (χ0n) is 7.52. The molecule has 0 heterocycles. The van der Waals surface area contributed by atoms with E-state index in [1.165, 1.54) is 44.9 Å². The van der Waals surface area contributed by atoms with Crippen LogP contribution in [0.2, 0.25) is 0 Å². The maximum atomic E-state index is 6.18. The van der Waals surface area contributed by atoms with Gasteiger partial charge in [-0.25, -0.2) is 0 Å². The molecule has 74 valence electrons. The lowest BCUT2D eigenvalue weighted by atomic mass is 9.92. The van der Waals surface area contributed by atoms with Crippen LogP contribution in [0.25, 0.3) is 0 Å². The van der Waals surface area contributed by atoms with E-state index >= 15 is 0 Å². The van der Waals surface area contributed by atoms with Gasteiger partial charge in [0, 0.05) is 10.9 Å². The summed E-state index contributed by atoms with van der Waals surface area (Å²) in [6.07, 6.45) is 9.03. The van der Waals surface area contributed by atoms with Crippen LogP contribution in [0.15, 0.2) is 0 Å². The first-order valence-corrected chi connectivity index (χ1v) is 5.74. The van der Waals surface area contributed by atoms with Gasteiger partial charge in [-0.3, -0.25) is 0 Å². The van der Waals surface area contributed by atoms with Gasteiger partial charge in [0.2, 0.25) is 0 Å². The average molecular weight is 301 g/mol. The molecule has 2 N–H and O–H groups in total. The van der Waals surface area contributed by atoms with Crippen molar-refractivity contribution in [3.63, 3.8) is 0 Å². The van der Waals surface area contributed by atoms with E-state index < -0.39 is 0 Å². The molecular formula is C9H19Br2N. The van der Waals surface area contributed by atoms with E-state index in [-0.39, 0.29) is 22.5 Å². The molecule has 1 saturated carbocycles. The molecule has 1 nitrogen and oxygen atoms in total. The van der Waals surface area contributed by atoms with Crippen LogP contribution in [-0.4, -0.2) is 10.9 Å². The lowest BCUT2D eigenvalue weighted by Gasteiger charge is -2.22. The van der Waals surface area contributed by atoms with Crippen LogP contribution in [0.1, 0.15) is 44.9 Å². The van der Waals surface area contributed by atoms with Crippen LogP contribution >= 0.6 is 32.9 Å². The molecular weight excluding hydrogens is 282 g/mol. The zero-order chi connectivity index (χ0) is 8.16. The number of unbranched alkanes of at least 4 members (excludes halogenated alkanes) is 1. The molecule has 1 rings (SSSR count). The highest BCUT2D eigenvalue weighted by Gasteiger charge is 2.27. The summed E-state index contributed by atoms with van der Waals surface area (Å²) in [7, 11) is 0. The second-order valence-corrected chi connectivity index (χ2v) is 4.51. The highest BCUT2D eigenvalue weighted by Crippen LogP contribution is 2.31. The first kappa shape index (κ1) is 12.9. The van der Waals surface area contributed by atoms with Gasteiger partial charge in [-0.2, -0.15) is 0 Å². The number of alkyl halides is 1. The van der Waals surface area contributed by atoms with Crippen molar-refractivity contribution < 1.29 is 0 Å². The van der Waals surface area contributed by atoms with Crippen LogP contribution in [0, 0.1) is 0 Å². The van der Waals surface area contributed by atoms with Crippen molar-refractivity contribution in [3.8, 4) is 0 Å². The lowest BCUT2D eigenvalue weighted by Crippen LogP contribution is -2.36. The summed E-state index contributed by atoms with van der Waals surface area (Å²) in [5.74, 6) is 0. The minimum absolute atomic E-state index is 0. The second-order valence-electron chi connectivity index (χ2n) is 3.72. The molecule has 0 atom stereocenters. The van der Waals surface area contributed by atoms with Crippen LogP contribution in [0.4, 0.5) is 0 Å². The predicted octanol–water partition coefficient (Wildman–Crippen LogP) is 3.40. The summed E-state index contributed by atoms with van der Waals surface area (Å²) in [4.78, 5) is 0. The van der Waals surface area contributed by atoms with Crippen molar-refractivity contribution in [2.24, 2.45) is 5.73 Å². The van der Waals surface area contributed by atoms with E-state index in [0.29, 0.717) is 0 Å². The van der Waals surface area contributed by atoms with E-state index in [1.807, 2.05) is 0 Å². The van der Waals surface area contributed by atoms with Crippen LogP contribution in [0.5, 0.6) is 0 Å². The topological polar surface area (TPSA) is 26.0 Å². The van der Waals surface area contributed by atoms with Crippen molar-refractivity contribution >= 4 is 32.9 Å². The SMILES string of the molecule is Br.NC1(CCCCBr)CCCC1. The molecule has 0 aromatic heterocycles. The van der Waals surface area contributed by atoms with Gasteiger partial charge in [-0.05, 0) is 25.7 Å². The number of rotatable bonds is 4. The van der Waals surface area contributed by atoms with Gasteiger partial charge in [0.05, 0.1) is 0 Å². The molecule has 0 amide bonds. The molecule has 12 heavy (non-hydrogen) atoms. The number of halogens is 2. The zero-order valence-corrected chi connectivity index (χ0v) is 10.8. The summed E-state index contributed by atoms with van der Waals surface area (Å²) < 4.78 is 0. The van der Waals surface area contributed by atoms with Gasteiger partial charge >= 0.3 is 0 Å². The third-order valence-electron chi connectivity index (χ3n) is 2.66. The van der Waals surface area contributed by atoms with Crippen molar-refractivity contribution in [3.05, 3.63) is 0 Å². The number of nitrogens with two attached hydrogens (primary N) is 1. The molecule has 0 spiro atoms. The Morgan fingerprint density at radius 3 is 2.25 bits per heavy atom. The molecule has 0 radical (unpaired) electrons. The Labute approximate surface area is 94.4 Å². The molecule has 0 aliphatic heterocycles. The van der Waals surface area contributed by atoms with Gasteiger partial charge in [0.1, 0.15) is 0 Å². The Hall–Kier alpha value is 0.920. The maximum absolute atomic E-state index is 6.18. The fraction of sp³-hybridized carbons (Fsp3) is 1.00. The van der Waals surface area contributed by atoms with Crippen LogP contribution in [-0.2, 0) is 0 Å². The van der Waals surface area contributed by atoms with E-state index in [2.05, 4.69) is 15.9 Å². The van der Waals surface area contributed by atoms with Crippen molar-refractivity contribution in [2.45, 2.75) is 50.5 Å². The van der Waals surface area contributed by atoms with Gasteiger partial charge in [-0.15, -0.1) is 17.0 Å². The molecule has 0 unspecified atom stereocenters. The molecule has 0 bridgehead atoms. The second kappa shape index (κ2) is 6.39. The Morgan fingerprint density at radius 2 is 1.75 bits per heavy atom. The Bertz CT molecular complexity index is 111. The normalized spacial score (nSPS) is 20.5. The van der Waals surface area contributed by atoms with E-state index in [4.69, 9.17) is 5.73 Å². The number of hydrogen-bond acceptors (Lipinski definition) is 1. The van der Waals surface area contributed by atoms with Crippen molar-refractivity contribution in [2.75, 3.05) is 5.33 Å². The highest BCUT2D eigenvalue weighted by molar-refractivity contribution is 9.09. The van der Waals surface area contributed by atoms with Gasteiger partial charge < -0.3 is 5.73 Å². The highest BCUT2D eigenvalue weighted by atomic mass is 79.9. The van der Waals surface area contributed by atoms with Crippen molar-refractivity contribution in [1.29, 1.82) is 0 Å². The summed E-state index contributed by atoms with van der Waals surface area (Å²) in [5, 5.41) is 1.13. The maximum Gasteiger partial charge on any atom is 0.0154 e. The molecule has 1 aliphatic carbocycles. The first-order chi connectivity index (χ1) is 5.27. The summed E-state index contributed by atoms with van der Waals surface area (Å²) in [6.45, 7) is 0. The molecule has 0 aromatic carbocycles. The van der Waals surface area contributed by atoms with E-state index in [9.17, 15) is 0 Å². The quantitative estimate of drug-likeness (QED) is 0.625. The van der Waals surface area contributed by atoms with Crippen LogP contribution in [0.3, 0.4) is 0 Å². The smallest absolute Gasteiger partial charge is 0.0154 e. The molecule has 1 aliphatic rings. The fourth-order valence-corrected chi connectivity index (χ4v) is 2.30. The molecule has 3 heteroatoms. The standard InChI is InChI=1S/C9H18BrN.BrH/c10-8-4-3-7-9(11)5-1-2-6-9;/h1-8,11H2;1H. The lowest BCUT2D eigenvalue weighted by molar-refractivity contribution is 0.392. The first-order valence-electron chi connectivity index (χ1n) is 4.62. The van der Waals surface area contributed by atoms with E-state index in [0.717, 1.165) is 5.33 Å². The van der Waals surface area contributed by atoms with E-state index in [1.54, 1.807) is 0 Å². The molecule has 0 saturated heterocycles. The Balaban J connectivity index is 0.00000121. The average Bonchev–Trinajstić information content (AvgIpc) is 2.38. The minimum atomic E-state index is 0. The third kappa shape index (κ3) is 4.24. The van der Waals surface area contributed by atoms with Crippen molar-refractivity contribution in [1.82, 2.24) is 0 Å². The van der Waals surface area contributed by atoms with Crippen LogP contribution < -0.4 is 5.73 Å². The Morgan fingerprint density at radius 1 is 1.17 bits per heavy atom. The molecule has 1 fully saturated rings. The molecule has 0 aromatic rings. The monoisotopic (exact) mass is 299 g/mol. The predicted molar refractivity (Wildman–Crippen MR) is 63.4 cm³/mol. The summed E-state index contributed by atoms with van der Waals surface area (Å²) in [6, 6.07) is 0. The summed E-state index contributed by atoms with van der Waals surface area (Å²) >= 11 is 3.44.